The van der Waals surface area contributed by atoms with Crippen LogP contribution >= 0.6 is 0 Å². The maximum Gasteiger partial charge on any atom is 0.152 e. The minimum atomic E-state index is 0.547. The summed E-state index contributed by atoms with van der Waals surface area (Å²) in [5, 5.41) is 12.4. The molecular formula is C18H27N7. The summed E-state index contributed by atoms with van der Waals surface area (Å²) >= 11 is 0. The lowest BCUT2D eigenvalue weighted by Gasteiger charge is -2.31. The summed E-state index contributed by atoms with van der Waals surface area (Å²) < 4.78 is 4.23. The van der Waals surface area contributed by atoms with Gasteiger partial charge in [0.2, 0.25) is 0 Å². The summed E-state index contributed by atoms with van der Waals surface area (Å²) in [5.41, 5.74) is 0. The first-order chi connectivity index (χ1) is 12.3. The summed E-state index contributed by atoms with van der Waals surface area (Å²) in [5.74, 6) is 5.63. The molecule has 0 amide bonds. The largest absolute Gasteiger partial charge is 0.330 e. The molecule has 1 unspecified atom stereocenters. The number of piperidine rings is 2. The maximum atomic E-state index is 4.52. The fourth-order valence-corrected chi connectivity index (χ4v) is 4.90. The second kappa shape index (κ2) is 6.21. The first kappa shape index (κ1) is 15.5. The molecule has 0 bridgehead atoms. The average molecular weight is 341 g/mol. The molecule has 2 aliphatic heterocycles. The van der Waals surface area contributed by atoms with E-state index >= 15 is 0 Å². The smallest absolute Gasteiger partial charge is 0.152 e. The number of hydrogen-bond acceptors (Lipinski definition) is 5. The molecule has 3 aliphatic rings. The van der Waals surface area contributed by atoms with E-state index in [4.69, 9.17) is 0 Å². The molecule has 0 radical (unpaired) electrons. The van der Waals surface area contributed by atoms with Crippen molar-refractivity contribution in [3.05, 3.63) is 30.4 Å². The van der Waals surface area contributed by atoms with E-state index in [9.17, 15) is 0 Å². The zero-order chi connectivity index (χ0) is 16.8. The van der Waals surface area contributed by atoms with Crippen molar-refractivity contribution in [1.29, 1.82) is 0 Å². The minimum absolute atomic E-state index is 0.547. The van der Waals surface area contributed by atoms with Crippen molar-refractivity contribution in [2.24, 2.45) is 24.8 Å². The molecule has 1 saturated carbocycles. The van der Waals surface area contributed by atoms with Gasteiger partial charge in [-0.05, 0) is 56.8 Å². The number of nitrogens with one attached hydrogen (secondary N) is 1. The predicted molar refractivity (Wildman–Crippen MR) is 94.1 cm³/mol. The number of fused-ring (bicyclic) bond motifs is 1. The van der Waals surface area contributed by atoms with Gasteiger partial charge >= 0.3 is 0 Å². The summed E-state index contributed by atoms with van der Waals surface area (Å²) in [6.07, 6.45) is 8.01. The van der Waals surface area contributed by atoms with Crippen LogP contribution in [-0.2, 0) is 13.6 Å². The normalized spacial score (nSPS) is 29.9. The average Bonchev–Trinajstić information content (AvgIpc) is 3.14. The van der Waals surface area contributed by atoms with Crippen LogP contribution in [0.15, 0.2) is 18.7 Å². The van der Waals surface area contributed by atoms with E-state index in [1.54, 1.807) is 6.20 Å². The molecule has 0 aromatic carbocycles. The lowest BCUT2D eigenvalue weighted by molar-refractivity contribution is 0.193. The number of hydrogen-bond donors (Lipinski definition) is 1. The van der Waals surface area contributed by atoms with Gasteiger partial charge in [-0.15, -0.1) is 10.2 Å². The Kier molecular flexibility index (Phi) is 3.86. The third-order valence-corrected chi connectivity index (χ3v) is 6.57. The Bertz CT molecular complexity index is 704. The Morgan fingerprint density at radius 3 is 2.68 bits per heavy atom. The Morgan fingerprint density at radius 1 is 1.16 bits per heavy atom. The fraction of sp³-hybridized carbons (Fsp3) is 0.722. The molecule has 0 spiro atoms. The predicted octanol–water partition coefficient (Wildman–Crippen LogP) is 0.705. The Labute approximate surface area is 148 Å². The number of rotatable bonds is 5. The molecule has 25 heavy (non-hydrogen) atoms. The highest BCUT2D eigenvalue weighted by atomic mass is 15.3. The summed E-state index contributed by atoms with van der Waals surface area (Å²) in [7, 11) is 2.10. The van der Waals surface area contributed by atoms with Gasteiger partial charge in [0.05, 0.1) is 12.9 Å². The van der Waals surface area contributed by atoms with E-state index in [-0.39, 0.29) is 0 Å². The van der Waals surface area contributed by atoms with Crippen LogP contribution in [0.2, 0.25) is 0 Å². The monoisotopic (exact) mass is 341 g/mol. The molecule has 5 rings (SSSR count). The van der Waals surface area contributed by atoms with E-state index < -0.39 is 0 Å². The van der Waals surface area contributed by atoms with Crippen LogP contribution in [0.1, 0.15) is 30.4 Å². The van der Waals surface area contributed by atoms with Gasteiger partial charge in [0.15, 0.2) is 5.82 Å². The van der Waals surface area contributed by atoms with Crippen LogP contribution in [-0.4, -0.2) is 61.9 Å². The van der Waals surface area contributed by atoms with Crippen LogP contribution < -0.4 is 5.32 Å². The van der Waals surface area contributed by atoms with E-state index in [0.29, 0.717) is 5.92 Å². The van der Waals surface area contributed by atoms with Crippen molar-refractivity contribution in [3.8, 4) is 0 Å². The van der Waals surface area contributed by atoms with Crippen molar-refractivity contribution < 1.29 is 0 Å². The molecule has 7 heteroatoms. The minimum Gasteiger partial charge on any atom is -0.330 e. The van der Waals surface area contributed by atoms with Crippen molar-refractivity contribution >= 4 is 0 Å². The topological polar surface area (TPSA) is 63.8 Å². The third-order valence-electron chi connectivity index (χ3n) is 6.57. The second-order valence-corrected chi connectivity index (χ2v) is 7.99. The van der Waals surface area contributed by atoms with Crippen LogP contribution in [0.25, 0.3) is 0 Å². The maximum absolute atomic E-state index is 4.52. The lowest BCUT2D eigenvalue weighted by Crippen LogP contribution is -2.36. The first-order valence-corrected chi connectivity index (χ1v) is 9.56. The summed E-state index contributed by atoms with van der Waals surface area (Å²) in [4.78, 5) is 6.78. The Balaban J connectivity index is 1.17. The highest BCUT2D eigenvalue weighted by Crippen LogP contribution is 2.49. The van der Waals surface area contributed by atoms with E-state index in [2.05, 4.69) is 37.0 Å². The third kappa shape index (κ3) is 2.89. The molecule has 134 valence electrons. The van der Waals surface area contributed by atoms with E-state index in [0.717, 1.165) is 35.9 Å². The zero-order valence-electron chi connectivity index (χ0n) is 14.9. The van der Waals surface area contributed by atoms with Crippen molar-refractivity contribution in [1.82, 2.24) is 34.5 Å². The Hall–Kier alpha value is -1.73. The summed E-state index contributed by atoms with van der Waals surface area (Å²) in [6.45, 7) is 6.97. The standard InChI is InChI=1S/C18H27N7/c1-23-17(11-25-7-4-19-12-25)21-22-18(23)13-2-5-24(6-3-13)10-16-14-8-20-9-15(14)16/h4,7,12-16,20H,2-3,5-6,8-11H2,1H3/t14-,15+,16?. The first-order valence-electron chi connectivity index (χ1n) is 9.56. The Morgan fingerprint density at radius 2 is 1.96 bits per heavy atom. The van der Waals surface area contributed by atoms with Crippen molar-refractivity contribution in [3.63, 3.8) is 0 Å². The quantitative estimate of drug-likeness (QED) is 0.868. The molecule has 1 aliphatic carbocycles. The lowest BCUT2D eigenvalue weighted by atomic mass is 9.95. The van der Waals surface area contributed by atoms with Gasteiger partial charge in [0.25, 0.3) is 0 Å². The zero-order valence-corrected chi connectivity index (χ0v) is 14.9. The fourth-order valence-electron chi connectivity index (χ4n) is 4.90. The van der Waals surface area contributed by atoms with Gasteiger partial charge in [-0.3, -0.25) is 0 Å². The molecule has 2 aromatic heterocycles. The molecule has 2 saturated heterocycles. The number of likely N-dealkylation sites (tertiary alicyclic amines) is 1. The molecule has 2 aromatic rings. The SMILES string of the molecule is Cn1c(Cn2ccnc2)nnc1C1CCN(CC2[C@H]3CNC[C@@H]23)CC1. The molecule has 7 nitrogen and oxygen atoms in total. The van der Waals surface area contributed by atoms with Crippen LogP contribution in [0.3, 0.4) is 0 Å². The van der Waals surface area contributed by atoms with Crippen molar-refractivity contribution in [2.75, 3.05) is 32.7 Å². The van der Waals surface area contributed by atoms with Gasteiger partial charge in [-0.1, -0.05) is 0 Å². The van der Waals surface area contributed by atoms with Crippen LogP contribution in [0, 0.1) is 17.8 Å². The van der Waals surface area contributed by atoms with Gasteiger partial charge in [0, 0.05) is 31.9 Å². The van der Waals surface area contributed by atoms with E-state index in [1.165, 1.54) is 45.6 Å². The van der Waals surface area contributed by atoms with Crippen LogP contribution in [0.5, 0.6) is 0 Å². The van der Waals surface area contributed by atoms with Gasteiger partial charge in [0.1, 0.15) is 5.82 Å². The molecule has 3 atom stereocenters. The van der Waals surface area contributed by atoms with E-state index in [1.807, 2.05) is 17.1 Å². The highest BCUT2D eigenvalue weighted by Gasteiger charge is 2.52. The summed E-state index contributed by atoms with van der Waals surface area (Å²) in [6, 6.07) is 0. The molecule has 3 fully saturated rings. The molecular weight excluding hydrogens is 314 g/mol. The van der Waals surface area contributed by atoms with Gasteiger partial charge in [-0.25, -0.2) is 4.98 Å². The number of imidazole rings is 1. The second-order valence-electron chi connectivity index (χ2n) is 7.99. The van der Waals surface area contributed by atoms with Gasteiger partial charge < -0.3 is 19.4 Å². The number of aromatic nitrogens is 5. The highest BCUT2D eigenvalue weighted by molar-refractivity contribution is 5.07. The molecule has 1 N–H and O–H groups in total. The molecule has 4 heterocycles. The van der Waals surface area contributed by atoms with Crippen LogP contribution in [0.4, 0.5) is 0 Å². The van der Waals surface area contributed by atoms with Gasteiger partial charge in [-0.2, -0.15) is 0 Å². The number of nitrogens with zero attached hydrogens (tertiary/aromatic N) is 6. The van der Waals surface area contributed by atoms with Crippen molar-refractivity contribution in [2.45, 2.75) is 25.3 Å².